The zero-order valence-corrected chi connectivity index (χ0v) is 13.7. The first kappa shape index (κ1) is 15.2. The molecule has 2 aromatic carbocycles. The van der Waals surface area contributed by atoms with Gasteiger partial charge in [0.25, 0.3) is 0 Å². The first-order valence-corrected chi connectivity index (χ1v) is 8.44. The number of halogens is 1. The summed E-state index contributed by atoms with van der Waals surface area (Å²) in [5.41, 5.74) is 2.75. The third-order valence-electron chi connectivity index (χ3n) is 4.78. The highest BCUT2D eigenvalue weighted by molar-refractivity contribution is 5.81. The lowest BCUT2D eigenvalue weighted by Gasteiger charge is -2.26. The van der Waals surface area contributed by atoms with Crippen LogP contribution in [0.25, 0.3) is 11.1 Å². The first-order chi connectivity index (χ1) is 11.6. The van der Waals surface area contributed by atoms with Crippen molar-refractivity contribution in [1.82, 2.24) is 4.90 Å². The largest absolute Gasteiger partial charge is 0.491 e. The SMILES string of the molecule is C[C@H]1COc2ccc(-c3cccc(F)c3)cc2CN1C(=O)C1CC1. The molecule has 0 radical (unpaired) electrons. The van der Waals surface area contributed by atoms with Crippen molar-refractivity contribution < 1.29 is 13.9 Å². The van der Waals surface area contributed by atoms with E-state index in [1.807, 2.05) is 36.1 Å². The molecule has 2 aliphatic rings. The molecular formula is C20H20FNO2. The van der Waals surface area contributed by atoms with E-state index >= 15 is 0 Å². The van der Waals surface area contributed by atoms with Gasteiger partial charge in [-0.2, -0.15) is 0 Å². The summed E-state index contributed by atoms with van der Waals surface area (Å²) in [7, 11) is 0. The number of nitrogens with zero attached hydrogens (tertiary/aromatic N) is 1. The predicted octanol–water partition coefficient (Wildman–Crippen LogP) is 4.01. The van der Waals surface area contributed by atoms with E-state index in [0.717, 1.165) is 35.3 Å². The van der Waals surface area contributed by atoms with Crippen LogP contribution in [0.3, 0.4) is 0 Å². The number of carbonyl (C=O) groups is 1. The van der Waals surface area contributed by atoms with Crippen LogP contribution >= 0.6 is 0 Å². The van der Waals surface area contributed by atoms with E-state index in [4.69, 9.17) is 4.74 Å². The average Bonchev–Trinajstić information content (AvgIpc) is 3.42. The van der Waals surface area contributed by atoms with Crippen molar-refractivity contribution in [2.75, 3.05) is 6.61 Å². The maximum Gasteiger partial charge on any atom is 0.226 e. The van der Waals surface area contributed by atoms with Gasteiger partial charge in [-0.05, 0) is 55.2 Å². The second-order valence-electron chi connectivity index (χ2n) is 6.73. The van der Waals surface area contributed by atoms with Gasteiger partial charge in [-0.3, -0.25) is 4.79 Å². The Bertz CT molecular complexity index is 785. The van der Waals surface area contributed by atoms with E-state index in [0.29, 0.717) is 13.2 Å². The van der Waals surface area contributed by atoms with Gasteiger partial charge in [0.05, 0.1) is 6.04 Å². The summed E-state index contributed by atoms with van der Waals surface area (Å²) in [4.78, 5) is 14.5. The van der Waals surface area contributed by atoms with E-state index in [2.05, 4.69) is 0 Å². The maximum atomic E-state index is 13.5. The molecule has 3 nitrogen and oxygen atoms in total. The van der Waals surface area contributed by atoms with Crippen LogP contribution in [-0.2, 0) is 11.3 Å². The van der Waals surface area contributed by atoms with Crippen LogP contribution in [0.5, 0.6) is 5.75 Å². The molecule has 2 aromatic rings. The number of rotatable bonds is 2. The van der Waals surface area contributed by atoms with Gasteiger partial charge in [-0.1, -0.05) is 18.2 Å². The molecule has 1 heterocycles. The minimum Gasteiger partial charge on any atom is -0.491 e. The Morgan fingerprint density at radius 2 is 1.96 bits per heavy atom. The molecule has 0 aromatic heterocycles. The predicted molar refractivity (Wildman–Crippen MR) is 90.1 cm³/mol. The normalized spacial score (nSPS) is 20.1. The fraction of sp³-hybridized carbons (Fsp3) is 0.350. The van der Waals surface area contributed by atoms with Crippen molar-refractivity contribution in [3.8, 4) is 16.9 Å². The Labute approximate surface area is 141 Å². The molecule has 1 saturated carbocycles. The molecule has 4 heteroatoms. The van der Waals surface area contributed by atoms with Crippen LogP contribution in [0, 0.1) is 11.7 Å². The fourth-order valence-electron chi connectivity index (χ4n) is 3.19. The van der Waals surface area contributed by atoms with Gasteiger partial charge < -0.3 is 9.64 Å². The molecule has 1 amide bonds. The monoisotopic (exact) mass is 325 g/mol. The average molecular weight is 325 g/mol. The highest BCUT2D eigenvalue weighted by atomic mass is 19.1. The van der Waals surface area contributed by atoms with Crippen molar-refractivity contribution >= 4 is 5.91 Å². The van der Waals surface area contributed by atoms with Crippen LogP contribution in [0.2, 0.25) is 0 Å². The van der Waals surface area contributed by atoms with Crippen molar-refractivity contribution in [2.45, 2.75) is 32.4 Å². The van der Waals surface area contributed by atoms with Crippen molar-refractivity contribution in [2.24, 2.45) is 5.92 Å². The van der Waals surface area contributed by atoms with Crippen molar-refractivity contribution in [3.63, 3.8) is 0 Å². The highest BCUT2D eigenvalue weighted by Gasteiger charge is 2.36. The zero-order valence-electron chi connectivity index (χ0n) is 13.7. The summed E-state index contributed by atoms with van der Waals surface area (Å²) < 4.78 is 19.4. The Morgan fingerprint density at radius 1 is 1.17 bits per heavy atom. The molecule has 0 bridgehead atoms. The van der Waals surface area contributed by atoms with Gasteiger partial charge in [0.1, 0.15) is 18.2 Å². The molecule has 4 rings (SSSR count). The molecule has 1 aliphatic carbocycles. The smallest absolute Gasteiger partial charge is 0.226 e. The summed E-state index contributed by atoms with van der Waals surface area (Å²) in [5.74, 6) is 0.987. The van der Waals surface area contributed by atoms with Crippen LogP contribution in [0.15, 0.2) is 42.5 Å². The third-order valence-corrected chi connectivity index (χ3v) is 4.78. The van der Waals surface area contributed by atoms with E-state index in [-0.39, 0.29) is 23.7 Å². The van der Waals surface area contributed by atoms with Gasteiger partial charge in [0.15, 0.2) is 0 Å². The molecule has 0 saturated heterocycles. The molecule has 1 aliphatic heterocycles. The Hall–Kier alpha value is -2.36. The summed E-state index contributed by atoms with van der Waals surface area (Å²) in [6.07, 6.45) is 2.00. The number of ether oxygens (including phenoxy) is 1. The number of carbonyl (C=O) groups excluding carboxylic acids is 1. The van der Waals surface area contributed by atoms with Crippen LogP contribution in [0.1, 0.15) is 25.3 Å². The minimum absolute atomic E-state index is 0.0584. The number of hydrogen-bond acceptors (Lipinski definition) is 2. The van der Waals surface area contributed by atoms with E-state index in [1.165, 1.54) is 12.1 Å². The van der Waals surface area contributed by atoms with Crippen LogP contribution in [0.4, 0.5) is 4.39 Å². The molecule has 124 valence electrons. The van der Waals surface area contributed by atoms with Crippen molar-refractivity contribution in [3.05, 3.63) is 53.8 Å². The summed E-state index contributed by atoms with van der Waals surface area (Å²) in [6, 6.07) is 12.5. The van der Waals surface area contributed by atoms with Gasteiger partial charge in [0, 0.05) is 18.0 Å². The van der Waals surface area contributed by atoms with E-state index in [1.54, 1.807) is 6.07 Å². The van der Waals surface area contributed by atoms with Crippen LogP contribution < -0.4 is 4.74 Å². The van der Waals surface area contributed by atoms with Gasteiger partial charge in [-0.25, -0.2) is 4.39 Å². The molecule has 1 atom stereocenters. The van der Waals surface area contributed by atoms with Gasteiger partial charge in [0.2, 0.25) is 5.91 Å². The third kappa shape index (κ3) is 2.88. The van der Waals surface area contributed by atoms with Gasteiger partial charge in [-0.15, -0.1) is 0 Å². The Kier molecular flexibility index (Phi) is 3.75. The minimum atomic E-state index is -0.252. The Morgan fingerprint density at radius 3 is 2.71 bits per heavy atom. The second kappa shape index (κ2) is 5.93. The van der Waals surface area contributed by atoms with E-state index in [9.17, 15) is 9.18 Å². The second-order valence-corrected chi connectivity index (χ2v) is 6.73. The fourth-order valence-corrected chi connectivity index (χ4v) is 3.19. The number of amides is 1. The number of benzene rings is 2. The van der Waals surface area contributed by atoms with E-state index < -0.39 is 0 Å². The zero-order chi connectivity index (χ0) is 16.7. The van der Waals surface area contributed by atoms with Crippen LogP contribution in [-0.4, -0.2) is 23.5 Å². The molecule has 24 heavy (non-hydrogen) atoms. The maximum absolute atomic E-state index is 13.5. The highest BCUT2D eigenvalue weighted by Crippen LogP contribution is 2.35. The molecular weight excluding hydrogens is 305 g/mol. The molecule has 0 spiro atoms. The topological polar surface area (TPSA) is 29.5 Å². The molecule has 1 fully saturated rings. The summed E-state index contributed by atoms with van der Waals surface area (Å²) in [6.45, 7) is 3.08. The van der Waals surface area contributed by atoms with Crippen molar-refractivity contribution in [1.29, 1.82) is 0 Å². The quantitative estimate of drug-likeness (QED) is 0.835. The lowest BCUT2D eigenvalue weighted by molar-refractivity contribution is -0.135. The first-order valence-electron chi connectivity index (χ1n) is 8.44. The number of fused-ring (bicyclic) bond motifs is 1. The molecule has 0 unspecified atom stereocenters. The Balaban J connectivity index is 1.68. The lowest BCUT2D eigenvalue weighted by atomic mass is 10.0. The lowest BCUT2D eigenvalue weighted by Crippen LogP contribution is -2.40. The summed E-state index contributed by atoms with van der Waals surface area (Å²) in [5, 5.41) is 0. The molecule has 0 N–H and O–H groups in total. The number of hydrogen-bond donors (Lipinski definition) is 0. The summed E-state index contributed by atoms with van der Waals surface area (Å²) >= 11 is 0. The standard InChI is InChI=1S/C20H20FNO2/c1-13-12-24-19-8-7-16(15-3-2-4-18(21)10-15)9-17(19)11-22(13)20(23)14-5-6-14/h2-4,7-10,13-14H,5-6,11-12H2,1H3/t13-/m0/s1. The van der Waals surface area contributed by atoms with Gasteiger partial charge >= 0.3 is 0 Å².